The number of thiophene rings is 1. The van der Waals surface area contributed by atoms with Gasteiger partial charge < -0.3 is 0 Å². The summed E-state index contributed by atoms with van der Waals surface area (Å²) >= 11 is 1.72. The Balaban J connectivity index is 1.65. The third kappa shape index (κ3) is 3.12. The molecule has 0 spiro atoms. The summed E-state index contributed by atoms with van der Waals surface area (Å²) < 4.78 is 0. The van der Waals surface area contributed by atoms with Gasteiger partial charge in [0.25, 0.3) is 0 Å². The molecule has 118 valence electrons. The Hall–Kier alpha value is -2.78. The van der Waals surface area contributed by atoms with Crippen LogP contribution in [0.15, 0.2) is 95.3 Å². The molecule has 0 saturated carbocycles. The SMILES string of the molecule is C(=Cc1ccsc1)C1=CC(c2ccccc2)N(c2ccccc2)N1. The molecule has 24 heavy (non-hydrogen) atoms. The van der Waals surface area contributed by atoms with Crippen molar-refractivity contribution in [3.63, 3.8) is 0 Å². The fourth-order valence-electron chi connectivity index (χ4n) is 2.85. The molecular formula is C21H18N2S. The molecule has 0 saturated heterocycles. The maximum atomic E-state index is 3.53. The molecule has 3 aromatic rings. The van der Waals surface area contributed by atoms with Crippen LogP contribution in [-0.4, -0.2) is 0 Å². The summed E-state index contributed by atoms with van der Waals surface area (Å²) in [4.78, 5) is 0. The average Bonchev–Trinajstić information content (AvgIpc) is 3.31. The highest BCUT2D eigenvalue weighted by Gasteiger charge is 2.25. The van der Waals surface area contributed by atoms with Gasteiger partial charge in [0.15, 0.2) is 0 Å². The van der Waals surface area contributed by atoms with Gasteiger partial charge in [-0.15, -0.1) is 0 Å². The standard InChI is InChI=1S/C21H18N2S/c1-3-7-18(8-4-1)21-15-19(12-11-17-13-14-24-16-17)22-23(21)20-9-5-2-6-10-20/h1-16,21-22H. The van der Waals surface area contributed by atoms with Crippen molar-refractivity contribution >= 4 is 23.1 Å². The van der Waals surface area contributed by atoms with Crippen molar-refractivity contribution in [3.05, 3.63) is 106 Å². The summed E-state index contributed by atoms with van der Waals surface area (Å²) in [5.74, 6) is 0. The van der Waals surface area contributed by atoms with E-state index in [9.17, 15) is 0 Å². The van der Waals surface area contributed by atoms with Crippen LogP contribution in [0.5, 0.6) is 0 Å². The summed E-state index contributed by atoms with van der Waals surface area (Å²) in [7, 11) is 0. The van der Waals surface area contributed by atoms with Gasteiger partial charge in [-0.2, -0.15) is 11.3 Å². The van der Waals surface area contributed by atoms with E-state index in [-0.39, 0.29) is 6.04 Å². The highest BCUT2D eigenvalue weighted by molar-refractivity contribution is 7.08. The van der Waals surface area contributed by atoms with Crippen LogP contribution in [0.1, 0.15) is 17.2 Å². The molecule has 0 radical (unpaired) electrons. The maximum Gasteiger partial charge on any atom is 0.0958 e. The Bertz CT molecular complexity index is 836. The van der Waals surface area contributed by atoms with E-state index in [2.05, 4.69) is 100 Å². The fourth-order valence-corrected chi connectivity index (χ4v) is 3.48. The molecule has 4 rings (SSSR count). The largest absolute Gasteiger partial charge is 0.298 e. The first kappa shape index (κ1) is 14.8. The van der Waals surface area contributed by atoms with Crippen LogP contribution in [-0.2, 0) is 0 Å². The number of nitrogens with zero attached hydrogens (tertiary/aromatic N) is 1. The van der Waals surface area contributed by atoms with Crippen LogP contribution in [0, 0.1) is 0 Å². The van der Waals surface area contributed by atoms with E-state index in [0.29, 0.717) is 0 Å². The predicted octanol–water partition coefficient (Wildman–Crippen LogP) is 5.41. The lowest BCUT2D eigenvalue weighted by Gasteiger charge is -2.27. The first-order chi connectivity index (χ1) is 11.9. The van der Waals surface area contributed by atoms with Crippen LogP contribution < -0.4 is 10.4 Å². The molecule has 1 N–H and O–H groups in total. The number of rotatable bonds is 4. The summed E-state index contributed by atoms with van der Waals surface area (Å²) in [5, 5.41) is 6.46. The topological polar surface area (TPSA) is 15.3 Å². The van der Waals surface area contributed by atoms with Crippen LogP contribution in [0.3, 0.4) is 0 Å². The third-order valence-electron chi connectivity index (χ3n) is 4.04. The smallest absolute Gasteiger partial charge is 0.0958 e. The molecule has 0 fully saturated rings. The zero-order valence-corrected chi connectivity index (χ0v) is 14.0. The molecule has 2 heterocycles. The summed E-state index contributed by atoms with van der Waals surface area (Å²) in [6, 6.07) is 23.3. The van der Waals surface area contributed by atoms with Gasteiger partial charge in [-0.05, 0) is 52.2 Å². The molecule has 1 aliphatic heterocycles. The number of nitrogens with one attached hydrogen (secondary N) is 1. The van der Waals surface area contributed by atoms with Crippen molar-refractivity contribution in [2.24, 2.45) is 0 Å². The minimum Gasteiger partial charge on any atom is -0.298 e. The van der Waals surface area contributed by atoms with Crippen molar-refractivity contribution in [2.45, 2.75) is 6.04 Å². The molecule has 1 atom stereocenters. The first-order valence-corrected chi connectivity index (χ1v) is 8.92. The number of benzene rings is 2. The number of anilines is 1. The van der Waals surface area contributed by atoms with Crippen molar-refractivity contribution in [1.82, 2.24) is 5.43 Å². The molecule has 1 aromatic heterocycles. The average molecular weight is 330 g/mol. The summed E-state index contributed by atoms with van der Waals surface area (Å²) in [6.45, 7) is 0. The Morgan fingerprint density at radius 2 is 1.62 bits per heavy atom. The van der Waals surface area contributed by atoms with E-state index >= 15 is 0 Å². The second kappa shape index (κ2) is 6.77. The molecular weight excluding hydrogens is 312 g/mol. The van der Waals surface area contributed by atoms with E-state index in [4.69, 9.17) is 0 Å². The second-order valence-corrected chi connectivity index (χ2v) is 6.46. The van der Waals surface area contributed by atoms with Crippen LogP contribution >= 0.6 is 11.3 Å². The summed E-state index contributed by atoms with van der Waals surface area (Å²) in [6.07, 6.45) is 6.55. The van der Waals surface area contributed by atoms with Gasteiger partial charge in [-0.25, -0.2) is 0 Å². The van der Waals surface area contributed by atoms with Gasteiger partial charge in [0, 0.05) is 0 Å². The molecule has 1 aliphatic rings. The van der Waals surface area contributed by atoms with Crippen molar-refractivity contribution in [3.8, 4) is 0 Å². The Morgan fingerprint density at radius 1 is 0.875 bits per heavy atom. The molecule has 2 aromatic carbocycles. The quantitative estimate of drug-likeness (QED) is 0.688. The molecule has 1 unspecified atom stereocenters. The lowest BCUT2D eigenvalue weighted by molar-refractivity contribution is 0.710. The van der Waals surface area contributed by atoms with Gasteiger partial charge in [0.1, 0.15) is 0 Å². The Morgan fingerprint density at radius 3 is 2.33 bits per heavy atom. The van der Waals surface area contributed by atoms with Gasteiger partial charge >= 0.3 is 0 Å². The molecule has 0 amide bonds. The highest BCUT2D eigenvalue weighted by atomic mass is 32.1. The minimum absolute atomic E-state index is 0.177. The van der Waals surface area contributed by atoms with E-state index < -0.39 is 0 Å². The van der Waals surface area contributed by atoms with Crippen molar-refractivity contribution < 1.29 is 0 Å². The van der Waals surface area contributed by atoms with Crippen LogP contribution in [0.25, 0.3) is 6.08 Å². The normalized spacial score (nSPS) is 17.1. The van der Waals surface area contributed by atoms with Gasteiger partial charge in [-0.3, -0.25) is 10.4 Å². The molecule has 2 nitrogen and oxygen atoms in total. The lowest BCUT2D eigenvalue weighted by Crippen LogP contribution is -2.33. The van der Waals surface area contributed by atoms with Gasteiger partial charge in [0.2, 0.25) is 0 Å². The number of hydrogen-bond acceptors (Lipinski definition) is 3. The van der Waals surface area contributed by atoms with Crippen molar-refractivity contribution in [2.75, 3.05) is 5.01 Å². The van der Waals surface area contributed by atoms with Crippen molar-refractivity contribution in [1.29, 1.82) is 0 Å². The molecule has 0 aliphatic carbocycles. The monoisotopic (exact) mass is 330 g/mol. The van der Waals surface area contributed by atoms with E-state index in [1.54, 1.807) is 11.3 Å². The van der Waals surface area contributed by atoms with E-state index in [1.807, 2.05) is 6.07 Å². The van der Waals surface area contributed by atoms with Gasteiger partial charge in [0.05, 0.1) is 17.4 Å². The zero-order chi connectivity index (χ0) is 16.2. The maximum absolute atomic E-state index is 3.53. The predicted molar refractivity (Wildman–Crippen MR) is 103 cm³/mol. The number of hydrazine groups is 1. The zero-order valence-electron chi connectivity index (χ0n) is 13.2. The highest BCUT2D eigenvalue weighted by Crippen LogP contribution is 2.32. The summed E-state index contributed by atoms with van der Waals surface area (Å²) in [5.41, 5.74) is 8.30. The Labute approximate surface area is 146 Å². The molecule has 3 heteroatoms. The van der Waals surface area contributed by atoms with Crippen LogP contribution in [0.2, 0.25) is 0 Å². The number of allylic oxidation sites excluding steroid dienone is 1. The Kier molecular flexibility index (Phi) is 4.17. The first-order valence-electron chi connectivity index (χ1n) is 7.98. The minimum atomic E-state index is 0.177. The second-order valence-electron chi connectivity index (χ2n) is 5.68. The van der Waals surface area contributed by atoms with E-state index in [0.717, 1.165) is 11.4 Å². The van der Waals surface area contributed by atoms with E-state index in [1.165, 1.54) is 11.1 Å². The number of hydrogen-bond donors (Lipinski definition) is 1. The fraction of sp³-hybridized carbons (Fsp3) is 0.0476. The number of para-hydroxylation sites is 1. The van der Waals surface area contributed by atoms with Crippen LogP contribution in [0.4, 0.5) is 5.69 Å². The molecule has 0 bridgehead atoms. The van der Waals surface area contributed by atoms with Gasteiger partial charge in [-0.1, -0.05) is 54.6 Å². The third-order valence-corrected chi connectivity index (χ3v) is 4.74. The lowest BCUT2D eigenvalue weighted by atomic mass is 10.1.